The number of benzene rings is 1. The number of rotatable bonds is 4. The quantitative estimate of drug-likeness (QED) is 0.866. The SMILES string of the molecule is CCn1ncnc1CN1CCCC[C@@H]1c1cccc(F)c1. The van der Waals surface area contributed by atoms with Gasteiger partial charge in [-0.15, -0.1) is 0 Å². The summed E-state index contributed by atoms with van der Waals surface area (Å²) in [5, 5.41) is 4.23. The molecule has 0 bridgehead atoms. The predicted molar refractivity (Wildman–Crippen MR) is 79.1 cm³/mol. The van der Waals surface area contributed by atoms with Gasteiger partial charge in [-0.05, 0) is 44.0 Å². The Kier molecular flexibility index (Phi) is 4.29. The summed E-state index contributed by atoms with van der Waals surface area (Å²) in [4.78, 5) is 6.76. The van der Waals surface area contributed by atoms with Gasteiger partial charge in [-0.1, -0.05) is 18.6 Å². The van der Waals surface area contributed by atoms with Crippen molar-refractivity contribution in [3.63, 3.8) is 0 Å². The zero-order valence-corrected chi connectivity index (χ0v) is 12.4. The zero-order valence-electron chi connectivity index (χ0n) is 12.4. The Morgan fingerprint density at radius 3 is 3.05 bits per heavy atom. The maximum Gasteiger partial charge on any atom is 0.141 e. The molecule has 4 nitrogen and oxygen atoms in total. The highest BCUT2D eigenvalue weighted by Gasteiger charge is 2.25. The maximum absolute atomic E-state index is 13.5. The van der Waals surface area contributed by atoms with E-state index >= 15 is 0 Å². The van der Waals surface area contributed by atoms with E-state index in [1.54, 1.807) is 18.5 Å². The molecule has 1 aromatic heterocycles. The molecule has 0 N–H and O–H groups in total. The first-order chi connectivity index (χ1) is 10.3. The Hall–Kier alpha value is -1.75. The number of hydrogen-bond acceptors (Lipinski definition) is 3. The molecule has 1 aliphatic rings. The van der Waals surface area contributed by atoms with Gasteiger partial charge in [0.2, 0.25) is 0 Å². The molecule has 2 aromatic rings. The zero-order chi connectivity index (χ0) is 14.7. The molecule has 3 rings (SSSR count). The summed E-state index contributed by atoms with van der Waals surface area (Å²) in [6, 6.07) is 7.26. The fourth-order valence-electron chi connectivity index (χ4n) is 3.13. The molecule has 2 heterocycles. The Labute approximate surface area is 124 Å². The molecule has 0 saturated carbocycles. The molecule has 1 aliphatic heterocycles. The van der Waals surface area contributed by atoms with Crippen LogP contribution in [0.15, 0.2) is 30.6 Å². The molecule has 0 unspecified atom stereocenters. The summed E-state index contributed by atoms with van der Waals surface area (Å²) in [7, 11) is 0. The fourth-order valence-corrected chi connectivity index (χ4v) is 3.13. The van der Waals surface area contributed by atoms with Crippen LogP contribution in [0.5, 0.6) is 0 Å². The number of nitrogens with zero attached hydrogens (tertiary/aromatic N) is 4. The predicted octanol–water partition coefficient (Wildman–Crippen LogP) is 3.16. The van der Waals surface area contributed by atoms with Gasteiger partial charge in [0.1, 0.15) is 18.0 Å². The van der Waals surface area contributed by atoms with Gasteiger partial charge in [0.15, 0.2) is 0 Å². The highest BCUT2D eigenvalue weighted by Crippen LogP contribution is 2.32. The van der Waals surface area contributed by atoms with Crippen LogP contribution in [0.2, 0.25) is 0 Å². The van der Waals surface area contributed by atoms with E-state index in [2.05, 4.69) is 21.9 Å². The van der Waals surface area contributed by atoms with Gasteiger partial charge < -0.3 is 0 Å². The van der Waals surface area contributed by atoms with Crippen molar-refractivity contribution in [1.82, 2.24) is 19.7 Å². The number of aryl methyl sites for hydroxylation is 1. The molecular weight excluding hydrogens is 267 g/mol. The second kappa shape index (κ2) is 6.35. The molecule has 5 heteroatoms. The van der Waals surface area contributed by atoms with Crippen LogP contribution in [0, 0.1) is 5.82 Å². The van der Waals surface area contributed by atoms with Crippen molar-refractivity contribution < 1.29 is 4.39 Å². The Morgan fingerprint density at radius 1 is 1.33 bits per heavy atom. The normalized spacial score (nSPS) is 19.8. The highest BCUT2D eigenvalue weighted by molar-refractivity contribution is 5.21. The first-order valence-electron chi connectivity index (χ1n) is 7.64. The first-order valence-corrected chi connectivity index (χ1v) is 7.64. The van der Waals surface area contributed by atoms with Crippen molar-refractivity contribution in [2.75, 3.05) is 6.54 Å². The number of likely N-dealkylation sites (tertiary alicyclic amines) is 1. The second-order valence-electron chi connectivity index (χ2n) is 5.53. The minimum atomic E-state index is -0.158. The lowest BCUT2D eigenvalue weighted by Gasteiger charge is -2.35. The van der Waals surface area contributed by atoms with Crippen molar-refractivity contribution in [1.29, 1.82) is 0 Å². The molecule has 0 aliphatic carbocycles. The molecule has 1 saturated heterocycles. The average molecular weight is 288 g/mol. The number of halogens is 1. The van der Waals surface area contributed by atoms with Crippen LogP contribution in [0.3, 0.4) is 0 Å². The van der Waals surface area contributed by atoms with Crippen LogP contribution in [0.25, 0.3) is 0 Å². The van der Waals surface area contributed by atoms with Crippen LogP contribution in [0.1, 0.15) is 43.6 Å². The van der Waals surface area contributed by atoms with Gasteiger partial charge in [-0.3, -0.25) is 4.90 Å². The minimum Gasteiger partial charge on any atom is -0.289 e. The molecule has 0 amide bonds. The minimum absolute atomic E-state index is 0.158. The largest absolute Gasteiger partial charge is 0.289 e. The van der Waals surface area contributed by atoms with Gasteiger partial charge in [-0.2, -0.15) is 5.10 Å². The summed E-state index contributed by atoms with van der Waals surface area (Å²) < 4.78 is 15.4. The monoisotopic (exact) mass is 288 g/mol. The molecule has 112 valence electrons. The third-order valence-electron chi connectivity index (χ3n) is 4.19. The van der Waals surface area contributed by atoms with Gasteiger partial charge in [-0.25, -0.2) is 14.1 Å². The summed E-state index contributed by atoms with van der Waals surface area (Å²) in [6.07, 6.45) is 5.06. The van der Waals surface area contributed by atoms with Gasteiger partial charge in [0.05, 0.1) is 6.54 Å². The summed E-state index contributed by atoms with van der Waals surface area (Å²) in [6.45, 7) is 4.69. The topological polar surface area (TPSA) is 34.0 Å². The number of hydrogen-bond donors (Lipinski definition) is 0. The highest BCUT2D eigenvalue weighted by atomic mass is 19.1. The molecule has 1 atom stereocenters. The van der Waals surface area contributed by atoms with Gasteiger partial charge in [0, 0.05) is 12.6 Å². The van der Waals surface area contributed by atoms with Gasteiger partial charge in [0.25, 0.3) is 0 Å². The molecule has 1 aromatic carbocycles. The Bertz CT molecular complexity index is 595. The van der Waals surface area contributed by atoms with E-state index < -0.39 is 0 Å². The standard InChI is InChI=1S/C16H21FN4/c1-2-21-16(18-12-19-21)11-20-9-4-3-8-15(20)13-6-5-7-14(17)10-13/h5-7,10,12,15H,2-4,8-9,11H2,1H3/t15-/m1/s1. The van der Waals surface area contributed by atoms with Crippen molar-refractivity contribution in [2.45, 2.75) is 45.3 Å². The van der Waals surface area contributed by atoms with Crippen molar-refractivity contribution in [3.8, 4) is 0 Å². The summed E-state index contributed by atoms with van der Waals surface area (Å²) in [5.41, 5.74) is 1.07. The van der Waals surface area contributed by atoms with Crippen LogP contribution in [-0.4, -0.2) is 26.2 Å². The molecule has 21 heavy (non-hydrogen) atoms. The average Bonchev–Trinajstić information content (AvgIpc) is 2.95. The van der Waals surface area contributed by atoms with E-state index in [0.717, 1.165) is 37.4 Å². The lowest BCUT2D eigenvalue weighted by atomic mass is 9.95. The van der Waals surface area contributed by atoms with Crippen LogP contribution in [0.4, 0.5) is 4.39 Å². The Balaban J connectivity index is 1.81. The third-order valence-corrected chi connectivity index (χ3v) is 4.19. The molecule has 1 fully saturated rings. The van der Waals surface area contributed by atoms with Crippen LogP contribution < -0.4 is 0 Å². The smallest absolute Gasteiger partial charge is 0.141 e. The number of aromatic nitrogens is 3. The number of piperidine rings is 1. The fraction of sp³-hybridized carbons (Fsp3) is 0.500. The van der Waals surface area contributed by atoms with E-state index in [-0.39, 0.29) is 11.9 Å². The van der Waals surface area contributed by atoms with Crippen molar-refractivity contribution >= 4 is 0 Å². The first kappa shape index (κ1) is 14.2. The summed E-state index contributed by atoms with van der Waals surface area (Å²) >= 11 is 0. The molecular formula is C16H21FN4. The molecule has 0 radical (unpaired) electrons. The van der Waals surface area contributed by atoms with E-state index in [9.17, 15) is 4.39 Å². The van der Waals surface area contributed by atoms with E-state index in [1.165, 1.54) is 18.9 Å². The van der Waals surface area contributed by atoms with E-state index in [1.807, 2.05) is 10.7 Å². The van der Waals surface area contributed by atoms with Crippen molar-refractivity contribution in [2.24, 2.45) is 0 Å². The Morgan fingerprint density at radius 2 is 2.24 bits per heavy atom. The van der Waals surface area contributed by atoms with Crippen LogP contribution in [-0.2, 0) is 13.1 Å². The van der Waals surface area contributed by atoms with E-state index in [0.29, 0.717) is 0 Å². The molecule has 0 spiro atoms. The third kappa shape index (κ3) is 3.13. The van der Waals surface area contributed by atoms with Gasteiger partial charge >= 0.3 is 0 Å². The van der Waals surface area contributed by atoms with Crippen molar-refractivity contribution in [3.05, 3.63) is 47.8 Å². The maximum atomic E-state index is 13.5. The summed E-state index contributed by atoms with van der Waals surface area (Å²) in [5.74, 6) is 0.829. The van der Waals surface area contributed by atoms with E-state index in [4.69, 9.17) is 0 Å². The lowest BCUT2D eigenvalue weighted by molar-refractivity contribution is 0.134. The second-order valence-corrected chi connectivity index (χ2v) is 5.53. The lowest BCUT2D eigenvalue weighted by Crippen LogP contribution is -2.34. The van der Waals surface area contributed by atoms with Crippen LogP contribution >= 0.6 is 0 Å².